The number of nitrogens with zero attached hydrogens (tertiary/aromatic N) is 1. The van der Waals surface area contributed by atoms with E-state index in [-0.39, 0.29) is 0 Å². The fourth-order valence-electron chi connectivity index (χ4n) is 1.88. The molecular weight excluding hydrogens is 286 g/mol. The fraction of sp³-hybridized carbons (Fsp3) is 0.312. The van der Waals surface area contributed by atoms with Gasteiger partial charge in [0.15, 0.2) is 0 Å². The van der Waals surface area contributed by atoms with E-state index in [1.165, 1.54) is 0 Å². The van der Waals surface area contributed by atoms with Crippen LogP contribution in [0.4, 0.5) is 11.5 Å². The molecule has 2 aromatic rings. The van der Waals surface area contributed by atoms with Gasteiger partial charge in [0.05, 0.1) is 18.0 Å². The van der Waals surface area contributed by atoms with Gasteiger partial charge in [-0.25, -0.2) is 4.98 Å². The molecule has 0 aliphatic heterocycles. The highest BCUT2D eigenvalue weighted by Crippen LogP contribution is 2.24. The molecule has 0 atom stereocenters. The highest BCUT2D eigenvalue weighted by Gasteiger charge is 2.05. The van der Waals surface area contributed by atoms with Crippen molar-refractivity contribution in [3.05, 3.63) is 41.4 Å². The van der Waals surface area contributed by atoms with Gasteiger partial charge in [-0.15, -0.1) is 0 Å². The molecule has 0 bridgehead atoms. The molecule has 112 valence electrons. The molecular formula is C16H20ClN3O. The standard InChI is InChI=1S/C16H20ClN3O/c1-2-10-21-11-9-19-16-14(18)7-8-15(20-16)12-3-5-13(17)6-4-12/h3-8H,2,9-11,18H2,1H3,(H,19,20). The van der Waals surface area contributed by atoms with Gasteiger partial charge in [-0.1, -0.05) is 30.7 Å². The molecule has 4 nitrogen and oxygen atoms in total. The van der Waals surface area contributed by atoms with Gasteiger partial charge in [0.25, 0.3) is 0 Å². The van der Waals surface area contributed by atoms with Crippen molar-refractivity contribution >= 4 is 23.1 Å². The van der Waals surface area contributed by atoms with Crippen molar-refractivity contribution in [1.82, 2.24) is 4.98 Å². The molecule has 0 spiro atoms. The van der Waals surface area contributed by atoms with E-state index in [1.807, 2.05) is 36.4 Å². The lowest BCUT2D eigenvalue weighted by Gasteiger charge is -2.10. The van der Waals surface area contributed by atoms with Crippen LogP contribution in [0.3, 0.4) is 0 Å². The molecule has 0 aliphatic rings. The maximum absolute atomic E-state index is 5.95. The summed E-state index contributed by atoms with van der Waals surface area (Å²) in [5.41, 5.74) is 8.44. The number of pyridine rings is 1. The fourth-order valence-corrected chi connectivity index (χ4v) is 2.01. The molecule has 1 aromatic heterocycles. The van der Waals surface area contributed by atoms with Crippen LogP contribution in [0.25, 0.3) is 11.3 Å². The third-order valence-corrected chi connectivity index (χ3v) is 3.21. The van der Waals surface area contributed by atoms with E-state index in [9.17, 15) is 0 Å². The van der Waals surface area contributed by atoms with Crippen molar-refractivity contribution in [3.63, 3.8) is 0 Å². The lowest BCUT2D eigenvalue weighted by Crippen LogP contribution is -2.12. The predicted molar refractivity (Wildman–Crippen MR) is 88.7 cm³/mol. The third kappa shape index (κ3) is 4.62. The SMILES string of the molecule is CCCOCCNc1nc(-c2ccc(Cl)cc2)ccc1N. The number of nitrogens with one attached hydrogen (secondary N) is 1. The topological polar surface area (TPSA) is 60.2 Å². The Kier molecular flexibility index (Phi) is 5.84. The predicted octanol–water partition coefficient (Wildman–Crippen LogP) is 3.82. The quantitative estimate of drug-likeness (QED) is 0.763. The lowest BCUT2D eigenvalue weighted by molar-refractivity contribution is 0.144. The van der Waals surface area contributed by atoms with Gasteiger partial charge in [-0.3, -0.25) is 0 Å². The number of halogens is 1. The zero-order chi connectivity index (χ0) is 15.1. The first-order valence-electron chi connectivity index (χ1n) is 7.04. The number of benzene rings is 1. The van der Waals surface area contributed by atoms with E-state index >= 15 is 0 Å². The van der Waals surface area contributed by atoms with Crippen LogP contribution in [0.1, 0.15) is 13.3 Å². The molecule has 5 heteroatoms. The van der Waals surface area contributed by atoms with Gasteiger partial charge in [0, 0.05) is 23.7 Å². The molecule has 2 rings (SSSR count). The molecule has 0 saturated heterocycles. The van der Waals surface area contributed by atoms with Crippen molar-refractivity contribution in [3.8, 4) is 11.3 Å². The largest absolute Gasteiger partial charge is 0.396 e. The number of nitrogens with two attached hydrogens (primary N) is 1. The van der Waals surface area contributed by atoms with E-state index in [0.29, 0.717) is 29.7 Å². The van der Waals surface area contributed by atoms with E-state index in [0.717, 1.165) is 24.3 Å². The minimum atomic E-state index is 0.628. The van der Waals surface area contributed by atoms with Gasteiger partial charge in [0.2, 0.25) is 0 Å². The molecule has 1 aromatic carbocycles. The molecule has 21 heavy (non-hydrogen) atoms. The maximum atomic E-state index is 5.95. The van der Waals surface area contributed by atoms with Crippen LogP contribution in [0.15, 0.2) is 36.4 Å². The van der Waals surface area contributed by atoms with Gasteiger partial charge in [0.1, 0.15) is 5.82 Å². The highest BCUT2D eigenvalue weighted by atomic mass is 35.5. The Hall–Kier alpha value is -1.78. The third-order valence-electron chi connectivity index (χ3n) is 2.95. The zero-order valence-corrected chi connectivity index (χ0v) is 12.9. The molecule has 1 heterocycles. The minimum Gasteiger partial charge on any atom is -0.396 e. The maximum Gasteiger partial charge on any atom is 0.149 e. The first-order chi connectivity index (χ1) is 10.2. The zero-order valence-electron chi connectivity index (χ0n) is 12.1. The van der Waals surface area contributed by atoms with E-state index in [1.54, 1.807) is 0 Å². The number of aromatic nitrogens is 1. The molecule has 0 aliphatic carbocycles. The summed E-state index contributed by atoms with van der Waals surface area (Å²) in [7, 11) is 0. The second-order valence-corrected chi connectivity index (χ2v) is 5.12. The Morgan fingerprint density at radius 3 is 2.62 bits per heavy atom. The molecule has 3 N–H and O–H groups in total. The smallest absolute Gasteiger partial charge is 0.149 e. The first-order valence-corrected chi connectivity index (χ1v) is 7.42. The van der Waals surface area contributed by atoms with Gasteiger partial charge >= 0.3 is 0 Å². The summed E-state index contributed by atoms with van der Waals surface area (Å²) in [6, 6.07) is 11.3. The number of rotatable bonds is 7. The summed E-state index contributed by atoms with van der Waals surface area (Å²) in [6.45, 7) is 4.18. The normalized spacial score (nSPS) is 10.6. The number of nitrogen functional groups attached to an aromatic ring is 1. The van der Waals surface area contributed by atoms with Crippen molar-refractivity contribution < 1.29 is 4.74 Å². The van der Waals surface area contributed by atoms with E-state index in [2.05, 4.69) is 17.2 Å². The monoisotopic (exact) mass is 305 g/mol. The Balaban J connectivity index is 2.04. The number of hydrogen-bond acceptors (Lipinski definition) is 4. The lowest BCUT2D eigenvalue weighted by atomic mass is 10.1. The summed E-state index contributed by atoms with van der Waals surface area (Å²) in [4.78, 5) is 4.56. The average molecular weight is 306 g/mol. The highest BCUT2D eigenvalue weighted by molar-refractivity contribution is 6.30. The van der Waals surface area contributed by atoms with Crippen molar-refractivity contribution in [2.75, 3.05) is 30.8 Å². The second kappa shape index (κ2) is 7.86. The van der Waals surface area contributed by atoms with Crippen LogP contribution in [0, 0.1) is 0 Å². The average Bonchev–Trinajstić information content (AvgIpc) is 2.50. The minimum absolute atomic E-state index is 0.628. The second-order valence-electron chi connectivity index (χ2n) is 4.68. The summed E-state index contributed by atoms with van der Waals surface area (Å²) in [5, 5.41) is 3.92. The summed E-state index contributed by atoms with van der Waals surface area (Å²) in [5.74, 6) is 0.683. The number of ether oxygens (including phenoxy) is 1. The van der Waals surface area contributed by atoms with Crippen LogP contribution in [0.2, 0.25) is 5.02 Å². The number of hydrogen-bond donors (Lipinski definition) is 2. The van der Waals surface area contributed by atoms with Crippen molar-refractivity contribution in [2.24, 2.45) is 0 Å². The Morgan fingerprint density at radius 2 is 1.90 bits per heavy atom. The van der Waals surface area contributed by atoms with Crippen LogP contribution in [-0.4, -0.2) is 24.7 Å². The van der Waals surface area contributed by atoms with Crippen LogP contribution < -0.4 is 11.1 Å². The summed E-state index contributed by atoms with van der Waals surface area (Å²) < 4.78 is 5.43. The van der Waals surface area contributed by atoms with Gasteiger partial charge in [-0.2, -0.15) is 0 Å². The van der Waals surface area contributed by atoms with Crippen LogP contribution >= 0.6 is 11.6 Å². The molecule has 0 radical (unpaired) electrons. The molecule has 0 fully saturated rings. The van der Waals surface area contributed by atoms with Crippen molar-refractivity contribution in [1.29, 1.82) is 0 Å². The Morgan fingerprint density at radius 1 is 1.14 bits per heavy atom. The number of anilines is 2. The first kappa shape index (κ1) is 15.6. The van der Waals surface area contributed by atoms with Crippen LogP contribution in [-0.2, 0) is 4.74 Å². The Labute approximate surface area is 130 Å². The van der Waals surface area contributed by atoms with Crippen molar-refractivity contribution in [2.45, 2.75) is 13.3 Å². The molecule has 0 amide bonds. The molecule has 0 saturated carbocycles. The summed E-state index contributed by atoms with van der Waals surface area (Å²) >= 11 is 5.90. The van der Waals surface area contributed by atoms with Crippen LogP contribution in [0.5, 0.6) is 0 Å². The summed E-state index contributed by atoms with van der Waals surface area (Å²) in [6.07, 6.45) is 1.02. The van der Waals surface area contributed by atoms with Gasteiger partial charge < -0.3 is 15.8 Å². The molecule has 0 unspecified atom stereocenters. The Bertz CT molecular complexity index is 572. The van der Waals surface area contributed by atoms with E-state index < -0.39 is 0 Å². The van der Waals surface area contributed by atoms with Gasteiger partial charge in [-0.05, 0) is 30.7 Å². The van der Waals surface area contributed by atoms with E-state index in [4.69, 9.17) is 22.1 Å².